The zero-order valence-corrected chi connectivity index (χ0v) is 9.80. The van der Waals surface area contributed by atoms with Gasteiger partial charge >= 0.3 is 12.1 Å². The minimum absolute atomic E-state index is 0.148. The molecule has 0 aromatic heterocycles. The summed E-state index contributed by atoms with van der Waals surface area (Å²) < 4.78 is 62.4. The second-order valence-electron chi connectivity index (χ2n) is 4.31. The second-order valence-corrected chi connectivity index (χ2v) is 4.31. The molecule has 0 spiro atoms. The van der Waals surface area contributed by atoms with Gasteiger partial charge in [-0.25, -0.2) is 0 Å². The van der Waals surface area contributed by atoms with Crippen LogP contribution in [0, 0.1) is 11.3 Å². The van der Waals surface area contributed by atoms with Gasteiger partial charge in [0.25, 0.3) is 0 Å². The maximum atomic E-state index is 13.0. The molecule has 2 nitrogen and oxygen atoms in total. The van der Waals surface area contributed by atoms with Gasteiger partial charge in [0.1, 0.15) is 0 Å². The molecule has 0 aliphatic rings. The van der Waals surface area contributed by atoms with Gasteiger partial charge in [-0.2, -0.15) is 27.2 Å². The summed E-state index contributed by atoms with van der Waals surface area (Å²) in [6, 6.07) is 6.78. The average molecular weight is 279 g/mol. The highest BCUT2D eigenvalue weighted by Crippen LogP contribution is 2.44. The van der Waals surface area contributed by atoms with E-state index in [1.54, 1.807) is 6.07 Å². The number of hydrogen-bond donors (Lipinski definition) is 1. The van der Waals surface area contributed by atoms with Crippen LogP contribution in [0.3, 0.4) is 0 Å². The van der Waals surface area contributed by atoms with Gasteiger partial charge in [-0.15, -0.1) is 0 Å². The largest absolute Gasteiger partial charge is 0.453 e. The SMILES string of the molecule is CC(O)(CC(F)(F)C(F)(F)F)c1ccccc1C#N. The van der Waals surface area contributed by atoms with Crippen molar-refractivity contribution in [1.29, 1.82) is 5.26 Å². The van der Waals surface area contributed by atoms with Crippen LogP contribution in [-0.4, -0.2) is 17.2 Å². The first-order valence-corrected chi connectivity index (χ1v) is 5.18. The van der Waals surface area contributed by atoms with Gasteiger partial charge in [0, 0.05) is 5.56 Å². The van der Waals surface area contributed by atoms with Crippen LogP contribution in [0.25, 0.3) is 0 Å². The number of nitrogens with zero attached hydrogens (tertiary/aromatic N) is 1. The predicted molar refractivity (Wildman–Crippen MR) is 56.3 cm³/mol. The van der Waals surface area contributed by atoms with Crippen LogP contribution >= 0.6 is 0 Å². The zero-order valence-electron chi connectivity index (χ0n) is 9.80. The molecule has 1 aromatic rings. The lowest BCUT2D eigenvalue weighted by Gasteiger charge is -2.30. The van der Waals surface area contributed by atoms with Crippen LogP contribution in [0.5, 0.6) is 0 Å². The summed E-state index contributed by atoms with van der Waals surface area (Å²) in [5.41, 5.74) is -2.88. The number of benzene rings is 1. The summed E-state index contributed by atoms with van der Waals surface area (Å²) >= 11 is 0. The fourth-order valence-corrected chi connectivity index (χ4v) is 1.68. The summed E-state index contributed by atoms with van der Waals surface area (Å²) in [7, 11) is 0. The summed E-state index contributed by atoms with van der Waals surface area (Å²) in [6.45, 7) is 0.822. The minimum Gasteiger partial charge on any atom is -0.385 e. The maximum Gasteiger partial charge on any atom is 0.453 e. The van der Waals surface area contributed by atoms with Gasteiger partial charge in [-0.05, 0) is 13.0 Å². The highest BCUT2D eigenvalue weighted by molar-refractivity contribution is 5.40. The lowest BCUT2D eigenvalue weighted by molar-refractivity contribution is -0.297. The summed E-state index contributed by atoms with van der Waals surface area (Å²) in [5.74, 6) is -5.04. The average Bonchev–Trinajstić information content (AvgIpc) is 2.26. The first-order chi connectivity index (χ1) is 8.51. The van der Waals surface area contributed by atoms with Crippen LogP contribution in [0.1, 0.15) is 24.5 Å². The molecule has 1 atom stereocenters. The van der Waals surface area contributed by atoms with Gasteiger partial charge in [0.15, 0.2) is 0 Å². The molecule has 0 bridgehead atoms. The summed E-state index contributed by atoms with van der Waals surface area (Å²) in [6.07, 6.45) is -7.60. The van der Waals surface area contributed by atoms with Gasteiger partial charge in [0.2, 0.25) is 0 Å². The summed E-state index contributed by atoms with van der Waals surface area (Å²) in [4.78, 5) is 0. The minimum atomic E-state index is -5.75. The van der Waals surface area contributed by atoms with Crippen LogP contribution in [0.2, 0.25) is 0 Å². The van der Waals surface area contributed by atoms with Crippen molar-refractivity contribution in [2.45, 2.75) is 31.0 Å². The molecular formula is C12H10F5NO. The van der Waals surface area contributed by atoms with Crippen molar-refractivity contribution in [1.82, 2.24) is 0 Å². The molecule has 19 heavy (non-hydrogen) atoms. The molecule has 0 saturated carbocycles. The molecule has 0 amide bonds. The van der Waals surface area contributed by atoms with E-state index in [4.69, 9.17) is 5.26 Å². The molecular weight excluding hydrogens is 269 g/mol. The second kappa shape index (κ2) is 4.78. The Labute approximate surface area is 106 Å². The topological polar surface area (TPSA) is 44.0 Å². The fourth-order valence-electron chi connectivity index (χ4n) is 1.68. The van der Waals surface area contributed by atoms with Crippen LogP contribution in [0.4, 0.5) is 22.0 Å². The summed E-state index contributed by atoms with van der Waals surface area (Å²) in [5, 5.41) is 18.6. The Bertz CT molecular complexity index is 502. The van der Waals surface area contributed by atoms with Crippen molar-refractivity contribution >= 4 is 0 Å². The molecule has 0 aliphatic carbocycles. The molecule has 0 aliphatic heterocycles. The van der Waals surface area contributed by atoms with Crippen molar-refractivity contribution < 1.29 is 27.1 Å². The van der Waals surface area contributed by atoms with E-state index >= 15 is 0 Å². The lowest BCUT2D eigenvalue weighted by atomic mass is 9.86. The van der Waals surface area contributed by atoms with E-state index in [0.717, 1.165) is 13.0 Å². The first-order valence-electron chi connectivity index (χ1n) is 5.18. The molecule has 1 rings (SSSR count). The van der Waals surface area contributed by atoms with E-state index in [2.05, 4.69) is 0 Å². The fraction of sp³-hybridized carbons (Fsp3) is 0.417. The molecule has 1 N–H and O–H groups in total. The molecule has 1 unspecified atom stereocenters. The Morgan fingerprint density at radius 3 is 2.16 bits per heavy atom. The van der Waals surface area contributed by atoms with E-state index in [1.165, 1.54) is 18.2 Å². The third kappa shape index (κ3) is 3.20. The van der Waals surface area contributed by atoms with E-state index in [-0.39, 0.29) is 11.1 Å². The Hall–Kier alpha value is -1.68. The molecule has 7 heteroatoms. The predicted octanol–water partition coefficient (Wildman–Crippen LogP) is 3.35. The quantitative estimate of drug-likeness (QED) is 0.862. The molecule has 104 valence electrons. The monoisotopic (exact) mass is 279 g/mol. The number of rotatable bonds is 3. The zero-order chi connectivity index (χ0) is 14.9. The van der Waals surface area contributed by atoms with Gasteiger partial charge in [-0.1, -0.05) is 18.2 Å². The van der Waals surface area contributed by atoms with E-state index in [9.17, 15) is 27.1 Å². The van der Waals surface area contributed by atoms with Crippen molar-refractivity contribution in [3.8, 4) is 6.07 Å². The van der Waals surface area contributed by atoms with E-state index < -0.39 is 24.1 Å². The smallest absolute Gasteiger partial charge is 0.385 e. The van der Waals surface area contributed by atoms with Crippen LogP contribution in [-0.2, 0) is 5.60 Å². The first kappa shape index (κ1) is 15.4. The number of hydrogen-bond acceptors (Lipinski definition) is 2. The Balaban J connectivity index is 3.16. The number of aliphatic hydroxyl groups is 1. The van der Waals surface area contributed by atoms with Gasteiger partial charge in [0.05, 0.1) is 23.7 Å². The Morgan fingerprint density at radius 1 is 1.16 bits per heavy atom. The van der Waals surface area contributed by atoms with E-state index in [0.29, 0.717) is 0 Å². The Morgan fingerprint density at radius 2 is 1.68 bits per heavy atom. The Kier molecular flexibility index (Phi) is 3.87. The highest BCUT2D eigenvalue weighted by atomic mass is 19.4. The normalized spacial score (nSPS) is 15.7. The standard InChI is InChI=1S/C12H10F5NO/c1-10(19,7-11(13,14)12(15,16)17)9-5-3-2-4-8(9)6-18/h2-5,19H,7H2,1H3. The molecule has 0 saturated heterocycles. The van der Waals surface area contributed by atoms with Crippen molar-refractivity contribution in [3.63, 3.8) is 0 Å². The maximum absolute atomic E-state index is 13.0. The van der Waals surface area contributed by atoms with Crippen molar-refractivity contribution in [2.75, 3.05) is 0 Å². The van der Waals surface area contributed by atoms with Gasteiger partial charge < -0.3 is 5.11 Å². The molecule has 0 heterocycles. The molecule has 0 fully saturated rings. The number of nitriles is 1. The van der Waals surface area contributed by atoms with Crippen LogP contribution < -0.4 is 0 Å². The van der Waals surface area contributed by atoms with Crippen molar-refractivity contribution in [3.05, 3.63) is 35.4 Å². The van der Waals surface area contributed by atoms with Crippen LogP contribution in [0.15, 0.2) is 24.3 Å². The number of alkyl halides is 5. The van der Waals surface area contributed by atoms with Crippen molar-refractivity contribution in [2.24, 2.45) is 0 Å². The highest BCUT2D eigenvalue weighted by Gasteiger charge is 2.60. The third-order valence-electron chi connectivity index (χ3n) is 2.61. The lowest BCUT2D eigenvalue weighted by Crippen LogP contribution is -2.42. The third-order valence-corrected chi connectivity index (χ3v) is 2.61. The van der Waals surface area contributed by atoms with Gasteiger partial charge in [-0.3, -0.25) is 0 Å². The molecule has 1 aromatic carbocycles. The number of halogens is 5. The molecule has 0 radical (unpaired) electrons. The van der Waals surface area contributed by atoms with E-state index in [1.807, 2.05) is 0 Å².